The van der Waals surface area contributed by atoms with Crippen LogP contribution in [0, 0.1) is 0 Å². The van der Waals surface area contributed by atoms with Crippen molar-refractivity contribution in [3.63, 3.8) is 0 Å². The Balaban J connectivity index is 2.47. The first-order chi connectivity index (χ1) is 11.6. The molecule has 0 radical (unpaired) electrons. The first-order valence-corrected chi connectivity index (χ1v) is 9.33. The van der Waals surface area contributed by atoms with Crippen molar-refractivity contribution in [2.24, 2.45) is 0 Å². The van der Waals surface area contributed by atoms with Crippen LogP contribution in [0.4, 0.5) is 0 Å². The normalized spacial score (nSPS) is 15.2. The Morgan fingerprint density at radius 3 is 2.04 bits per heavy atom. The molecule has 5 heteroatoms. The van der Waals surface area contributed by atoms with Crippen LogP contribution in [-0.2, 0) is 19.1 Å². The number of hydrogen-bond acceptors (Lipinski definition) is 4. The van der Waals surface area contributed by atoms with Crippen molar-refractivity contribution in [1.82, 2.24) is 4.90 Å². The van der Waals surface area contributed by atoms with Crippen molar-refractivity contribution in [2.75, 3.05) is 6.61 Å². The topological polar surface area (TPSA) is 63.7 Å². The standard InChI is InChI=1S/C19H31NO4/c1-3-5-7-8-9-10-11-12-16(19(23)24-15-6-4-2)20-17(21)13-14-18(20)22/h13-14,16H,3-12,15H2,1-2H3. The molecule has 24 heavy (non-hydrogen) atoms. The number of carbonyl (C=O) groups excluding carboxylic acids is 3. The van der Waals surface area contributed by atoms with Crippen LogP contribution in [0.2, 0.25) is 0 Å². The van der Waals surface area contributed by atoms with Gasteiger partial charge in [-0.2, -0.15) is 0 Å². The average Bonchev–Trinajstić information content (AvgIpc) is 2.89. The first kappa shape index (κ1) is 20.4. The molecule has 136 valence electrons. The Morgan fingerprint density at radius 1 is 0.917 bits per heavy atom. The molecule has 1 atom stereocenters. The third-order valence-corrected chi connectivity index (χ3v) is 4.25. The highest BCUT2D eigenvalue weighted by molar-refractivity contribution is 6.14. The number of hydrogen-bond donors (Lipinski definition) is 0. The zero-order valence-corrected chi connectivity index (χ0v) is 15.1. The zero-order chi connectivity index (χ0) is 17.8. The van der Waals surface area contributed by atoms with E-state index in [1.807, 2.05) is 6.92 Å². The van der Waals surface area contributed by atoms with Crippen molar-refractivity contribution >= 4 is 17.8 Å². The molecule has 0 aromatic rings. The second kappa shape index (κ2) is 11.8. The number of carbonyl (C=O) groups is 3. The summed E-state index contributed by atoms with van der Waals surface area (Å²) in [7, 11) is 0. The summed E-state index contributed by atoms with van der Waals surface area (Å²) in [5, 5.41) is 0. The molecule has 0 N–H and O–H groups in total. The summed E-state index contributed by atoms with van der Waals surface area (Å²) in [6.45, 7) is 4.54. The largest absolute Gasteiger partial charge is 0.464 e. The Kier molecular flexibility index (Phi) is 10.0. The number of unbranched alkanes of at least 4 members (excludes halogenated alkanes) is 7. The molecule has 0 aromatic carbocycles. The number of rotatable bonds is 13. The summed E-state index contributed by atoms with van der Waals surface area (Å²) in [6.07, 6.45) is 12.5. The number of imide groups is 1. The van der Waals surface area contributed by atoms with Gasteiger partial charge in [-0.25, -0.2) is 4.79 Å². The number of nitrogens with zero attached hydrogens (tertiary/aromatic N) is 1. The molecule has 2 amide bonds. The molecule has 0 saturated carbocycles. The molecule has 0 bridgehead atoms. The quantitative estimate of drug-likeness (QED) is 0.291. The molecule has 1 unspecified atom stereocenters. The molecule has 1 aliphatic rings. The zero-order valence-electron chi connectivity index (χ0n) is 15.1. The van der Waals surface area contributed by atoms with Crippen LogP contribution in [0.5, 0.6) is 0 Å². The molecule has 0 saturated heterocycles. The van der Waals surface area contributed by atoms with Gasteiger partial charge in [0.15, 0.2) is 0 Å². The van der Waals surface area contributed by atoms with E-state index in [-0.39, 0.29) is 0 Å². The number of ether oxygens (including phenoxy) is 1. The van der Waals surface area contributed by atoms with Crippen molar-refractivity contribution in [3.05, 3.63) is 12.2 Å². The van der Waals surface area contributed by atoms with E-state index in [4.69, 9.17) is 4.74 Å². The van der Waals surface area contributed by atoms with Crippen LogP contribution in [-0.4, -0.2) is 35.3 Å². The second-order valence-electron chi connectivity index (χ2n) is 6.33. The van der Waals surface area contributed by atoms with Gasteiger partial charge in [-0.1, -0.05) is 65.2 Å². The maximum atomic E-state index is 12.3. The first-order valence-electron chi connectivity index (χ1n) is 9.33. The Hall–Kier alpha value is -1.65. The maximum absolute atomic E-state index is 12.3. The minimum absolute atomic E-state index is 0.340. The van der Waals surface area contributed by atoms with Gasteiger partial charge in [0.1, 0.15) is 6.04 Å². The molecule has 1 heterocycles. The summed E-state index contributed by atoms with van der Waals surface area (Å²) < 4.78 is 5.25. The summed E-state index contributed by atoms with van der Waals surface area (Å²) in [6, 6.07) is -0.785. The van der Waals surface area contributed by atoms with E-state index in [0.717, 1.165) is 37.0 Å². The Labute approximate surface area is 145 Å². The highest BCUT2D eigenvalue weighted by Gasteiger charge is 2.36. The number of amides is 2. The lowest BCUT2D eigenvalue weighted by Gasteiger charge is -2.24. The molecular formula is C19H31NO4. The van der Waals surface area contributed by atoms with Gasteiger partial charge in [-0.15, -0.1) is 0 Å². The van der Waals surface area contributed by atoms with E-state index in [0.29, 0.717) is 13.0 Å². The van der Waals surface area contributed by atoms with E-state index in [2.05, 4.69) is 6.92 Å². The average molecular weight is 337 g/mol. The van der Waals surface area contributed by atoms with Crippen LogP contribution >= 0.6 is 0 Å². The van der Waals surface area contributed by atoms with Crippen LogP contribution in [0.1, 0.15) is 78.1 Å². The van der Waals surface area contributed by atoms with E-state index in [1.54, 1.807) is 0 Å². The fourth-order valence-corrected chi connectivity index (χ4v) is 2.78. The predicted octanol–water partition coefficient (Wildman–Crippen LogP) is 3.76. The molecule has 1 rings (SSSR count). The molecular weight excluding hydrogens is 306 g/mol. The smallest absolute Gasteiger partial charge is 0.329 e. The van der Waals surface area contributed by atoms with Gasteiger partial charge in [0.05, 0.1) is 6.61 Å². The van der Waals surface area contributed by atoms with Crippen molar-refractivity contribution in [1.29, 1.82) is 0 Å². The molecule has 0 aliphatic carbocycles. The highest BCUT2D eigenvalue weighted by Crippen LogP contribution is 2.18. The van der Waals surface area contributed by atoms with Gasteiger partial charge < -0.3 is 4.74 Å². The van der Waals surface area contributed by atoms with Crippen molar-refractivity contribution < 1.29 is 19.1 Å². The van der Waals surface area contributed by atoms with Crippen molar-refractivity contribution in [2.45, 2.75) is 84.1 Å². The lowest BCUT2D eigenvalue weighted by Crippen LogP contribution is -2.45. The van der Waals surface area contributed by atoms with Gasteiger partial charge in [0, 0.05) is 12.2 Å². The Morgan fingerprint density at radius 2 is 1.46 bits per heavy atom. The van der Waals surface area contributed by atoms with Crippen LogP contribution < -0.4 is 0 Å². The fraction of sp³-hybridized carbons (Fsp3) is 0.737. The van der Waals surface area contributed by atoms with Crippen LogP contribution in [0.15, 0.2) is 12.2 Å². The predicted molar refractivity (Wildman–Crippen MR) is 93.3 cm³/mol. The van der Waals surface area contributed by atoms with Gasteiger partial charge in [-0.3, -0.25) is 14.5 Å². The lowest BCUT2D eigenvalue weighted by atomic mass is 10.0. The molecule has 0 spiro atoms. The van der Waals surface area contributed by atoms with E-state index >= 15 is 0 Å². The van der Waals surface area contributed by atoms with E-state index in [9.17, 15) is 14.4 Å². The SMILES string of the molecule is CCCCCCCCCC(C(=O)OCCCC)N1C(=O)C=CC1=O. The van der Waals surface area contributed by atoms with Crippen LogP contribution in [0.3, 0.4) is 0 Å². The lowest BCUT2D eigenvalue weighted by molar-refractivity contribution is -0.158. The summed E-state index contributed by atoms with van der Waals surface area (Å²) in [5.41, 5.74) is 0. The summed E-state index contributed by atoms with van der Waals surface area (Å²) in [5.74, 6) is -1.29. The highest BCUT2D eigenvalue weighted by atomic mass is 16.5. The Bertz CT molecular complexity index is 427. The summed E-state index contributed by atoms with van der Waals surface area (Å²) >= 11 is 0. The van der Waals surface area contributed by atoms with Crippen molar-refractivity contribution in [3.8, 4) is 0 Å². The van der Waals surface area contributed by atoms with Crippen LogP contribution in [0.25, 0.3) is 0 Å². The monoisotopic (exact) mass is 337 g/mol. The minimum Gasteiger partial charge on any atom is -0.464 e. The van der Waals surface area contributed by atoms with E-state index < -0.39 is 23.8 Å². The second-order valence-corrected chi connectivity index (χ2v) is 6.33. The van der Waals surface area contributed by atoms with Gasteiger partial charge in [0.25, 0.3) is 11.8 Å². The van der Waals surface area contributed by atoms with Gasteiger partial charge in [0.2, 0.25) is 0 Å². The third kappa shape index (κ3) is 6.85. The summed E-state index contributed by atoms with van der Waals surface area (Å²) in [4.78, 5) is 37.1. The van der Waals surface area contributed by atoms with Gasteiger partial charge >= 0.3 is 5.97 Å². The molecule has 1 aliphatic heterocycles. The minimum atomic E-state index is -0.785. The van der Waals surface area contributed by atoms with E-state index in [1.165, 1.54) is 37.8 Å². The third-order valence-electron chi connectivity index (χ3n) is 4.25. The molecule has 0 aromatic heterocycles. The molecule has 0 fully saturated rings. The van der Waals surface area contributed by atoms with Gasteiger partial charge in [-0.05, 0) is 12.8 Å². The fourth-order valence-electron chi connectivity index (χ4n) is 2.78. The molecule has 5 nitrogen and oxygen atoms in total. The maximum Gasteiger partial charge on any atom is 0.329 e. The number of esters is 1.